The van der Waals surface area contributed by atoms with E-state index in [2.05, 4.69) is 12.2 Å². The lowest BCUT2D eigenvalue weighted by Crippen LogP contribution is -2.50. The van der Waals surface area contributed by atoms with E-state index in [1.165, 1.54) is 4.31 Å². The second-order valence-electron chi connectivity index (χ2n) is 10.3. The van der Waals surface area contributed by atoms with Crippen LogP contribution >= 0.6 is 11.6 Å². The van der Waals surface area contributed by atoms with Gasteiger partial charge in [0.1, 0.15) is 6.04 Å². The molecule has 2 amide bonds. The van der Waals surface area contributed by atoms with Gasteiger partial charge in [0.25, 0.3) is 0 Å². The van der Waals surface area contributed by atoms with Crippen molar-refractivity contribution in [3.63, 3.8) is 0 Å². The van der Waals surface area contributed by atoms with Gasteiger partial charge in [-0.15, -0.1) is 0 Å². The number of aryl methyl sites for hydroxylation is 1. The van der Waals surface area contributed by atoms with Crippen molar-refractivity contribution in [2.24, 2.45) is 0 Å². The largest absolute Gasteiger partial charge is 0.354 e. The number of nitrogens with one attached hydrogen (secondary N) is 1. The van der Waals surface area contributed by atoms with E-state index in [1.807, 2.05) is 61.5 Å². The monoisotopic (exact) mass is 597 g/mol. The van der Waals surface area contributed by atoms with Gasteiger partial charge in [-0.3, -0.25) is 13.9 Å². The van der Waals surface area contributed by atoms with Crippen molar-refractivity contribution in [3.8, 4) is 0 Å². The molecular formula is C32H40ClN3O4S. The molecule has 0 saturated heterocycles. The van der Waals surface area contributed by atoms with E-state index in [9.17, 15) is 18.0 Å². The normalized spacial score (nSPS) is 12.0. The Kier molecular flexibility index (Phi) is 12.2. The van der Waals surface area contributed by atoms with E-state index in [0.29, 0.717) is 23.7 Å². The van der Waals surface area contributed by atoms with Crippen molar-refractivity contribution in [2.45, 2.75) is 58.5 Å². The summed E-state index contributed by atoms with van der Waals surface area (Å²) in [5, 5.41) is 3.53. The third-order valence-corrected chi connectivity index (χ3v) is 8.25. The molecule has 0 aliphatic rings. The van der Waals surface area contributed by atoms with Gasteiger partial charge in [0, 0.05) is 37.5 Å². The van der Waals surface area contributed by atoms with E-state index in [1.54, 1.807) is 29.2 Å². The van der Waals surface area contributed by atoms with E-state index in [0.717, 1.165) is 35.8 Å². The highest BCUT2D eigenvalue weighted by molar-refractivity contribution is 7.92. The Labute approximate surface area is 249 Å². The summed E-state index contributed by atoms with van der Waals surface area (Å²) in [5.74, 6) is -0.398. The lowest BCUT2D eigenvalue weighted by atomic mass is 10.0. The molecule has 0 aromatic heterocycles. The Morgan fingerprint density at radius 3 is 2.24 bits per heavy atom. The molecule has 0 aliphatic carbocycles. The average molecular weight is 598 g/mol. The van der Waals surface area contributed by atoms with Crippen LogP contribution < -0.4 is 9.62 Å². The number of amides is 2. The topological polar surface area (TPSA) is 86.8 Å². The minimum absolute atomic E-state index is 0.0823. The molecule has 1 atom stereocenters. The fourth-order valence-electron chi connectivity index (χ4n) is 4.68. The molecule has 0 heterocycles. The van der Waals surface area contributed by atoms with Crippen molar-refractivity contribution in [1.82, 2.24) is 10.2 Å². The third-order valence-electron chi connectivity index (χ3n) is 6.80. The number of carbonyl (C=O) groups excluding carboxylic acids is 2. The molecule has 0 bridgehead atoms. The van der Waals surface area contributed by atoms with E-state index in [-0.39, 0.29) is 37.7 Å². The lowest BCUT2D eigenvalue weighted by Gasteiger charge is -2.32. The smallest absolute Gasteiger partial charge is 0.243 e. The van der Waals surface area contributed by atoms with Crippen LogP contribution in [0.1, 0.15) is 49.3 Å². The van der Waals surface area contributed by atoms with Crippen LogP contribution in [0.4, 0.5) is 5.69 Å². The summed E-state index contributed by atoms with van der Waals surface area (Å²) in [4.78, 5) is 29.1. The number of carbonyl (C=O) groups is 2. The van der Waals surface area contributed by atoms with Crippen molar-refractivity contribution < 1.29 is 18.0 Å². The van der Waals surface area contributed by atoms with Crippen LogP contribution in [0.2, 0.25) is 5.02 Å². The van der Waals surface area contributed by atoms with Gasteiger partial charge in [-0.25, -0.2) is 8.42 Å². The zero-order chi connectivity index (χ0) is 29.8. The molecule has 0 spiro atoms. The highest BCUT2D eigenvalue weighted by Crippen LogP contribution is 2.22. The van der Waals surface area contributed by atoms with Crippen LogP contribution in [-0.2, 0) is 32.6 Å². The lowest BCUT2D eigenvalue weighted by molar-refractivity contribution is -0.141. The highest BCUT2D eigenvalue weighted by atomic mass is 35.5. The molecule has 0 fully saturated rings. The Morgan fingerprint density at radius 2 is 1.61 bits per heavy atom. The molecule has 7 nitrogen and oxygen atoms in total. The number of hydrogen-bond acceptors (Lipinski definition) is 4. The average Bonchev–Trinajstić information content (AvgIpc) is 2.93. The maximum absolute atomic E-state index is 13.9. The van der Waals surface area contributed by atoms with Gasteiger partial charge in [0.2, 0.25) is 21.8 Å². The predicted molar refractivity (Wildman–Crippen MR) is 166 cm³/mol. The second kappa shape index (κ2) is 15.6. The summed E-state index contributed by atoms with van der Waals surface area (Å²) in [5.41, 5.74) is 3.43. The van der Waals surface area contributed by atoms with Crippen LogP contribution in [0.3, 0.4) is 0 Å². The summed E-state index contributed by atoms with van der Waals surface area (Å²) in [6.45, 7) is 4.98. The van der Waals surface area contributed by atoms with Crippen LogP contribution in [0.25, 0.3) is 0 Å². The number of hydrogen-bond donors (Lipinski definition) is 1. The first-order valence-electron chi connectivity index (χ1n) is 14.0. The maximum Gasteiger partial charge on any atom is 0.243 e. The Hall–Kier alpha value is -3.36. The molecule has 0 radical (unpaired) electrons. The van der Waals surface area contributed by atoms with Gasteiger partial charge in [0.15, 0.2) is 0 Å². The number of halogens is 1. The van der Waals surface area contributed by atoms with Gasteiger partial charge < -0.3 is 10.2 Å². The molecule has 3 aromatic rings. The van der Waals surface area contributed by atoms with Gasteiger partial charge >= 0.3 is 0 Å². The van der Waals surface area contributed by atoms with E-state index in [4.69, 9.17) is 11.6 Å². The Morgan fingerprint density at radius 1 is 0.927 bits per heavy atom. The SMILES string of the molecule is CCCCNC(=O)[C@H](Cc1ccccc1)N(Cc1cccc(C)c1)C(=O)CCCN(c1ccc(Cl)cc1)S(C)(=O)=O. The van der Waals surface area contributed by atoms with Gasteiger partial charge in [-0.1, -0.05) is 85.1 Å². The Bertz CT molecular complexity index is 1380. The number of anilines is 1. The summed E-state index contributed by atoms with van der Waals surface area (Å²) in [7, 11) is -3.58. The van der Waals surface area contributed by atoms with E-state index < -0.39 is 16.1 Å². The summed E-state index contributed by atoms with van der Waals surface area (Å²) in [6.07, 6.45) is 3.68. The van der Waals surface area contributed by atoms with Gasteiger partial charge in [-0.2, -0.15) is 0 Å². The molecule has 3 rings (SSSR count). The fraction of sp³-hybridized carbons (Fsp3) is 0.375. The molecule has 0 unspecified atom stereocenters. The van der Waals surface area contributed by atoms with Gasteiger partial charge in [0.05, 0.1) is 11.9 Å². The van der Waals surface area contributed by atoms with E-state index >= 15 is 0 Å². The molecule has 3 aromatic carbocycles. The first-order chi connectivity index (χ1) is 19.6. The van der Waals surface area contributed by atoms with Crippen LogP contribution in [0.15, 0.2) is 78.9 Å². The molecule has 0 aliphatic heterocycles. The maximum atomic E-state index is 13.9. The third kappa shape index (κ3) is 10.2. The number of nitrogens with zero attached hydrogens (tertiary/aromatic N) is 2. The molecule has 41 heavy (non-hydrogen) atoms. The zero-order valence-corrected chi connectivity index (χ0v) is 25.6. The molecule has 9 heteroatoms. The minimum atomic E-state index is -3.58. The van der Waals surface area contributed by atoms with Gasteiger partial charge in [-0.05, 0) is 55.2 Å². The summed E-state index contributed by atoms with van der Waals surface area (Å²) in [6, 6.07) is 23.4. The molecular weight excluding hydrogens is 558 g/mol. The minimum Gasteiger partial charge on any atom is -0.354 e. The van der Waals surface area contributed by atoms with Crippen molar-refractivity contribution in [1.29, 1.82) is 0 Å². The summed E-state index contributed by atoms with van der Waals surface area (Å²) >= 11 is 5.99. The Balaban J connectivity index is 1.86. The van der Waals surface area contributed by atoms with Crippen molar-refractivity contribution in [3.05, 3.63) is 101 Å². The van der Waals surface area contributed by atoms with Crippen molar-refractivity contribution in [2.75, 3.05) is 23.7 Å². The second-order valence-corrected chi connectivity index (χ2v) is 12.6. The number of rotatable bonds is 15. The molecule has 0 saturated carbocycles. The van der Waals surface area contributed by atoms with Crippen LogP contribution in [0.5, 0.6) is 0 Å². The first kappa shape index (κ1) is 32.2. The molecule has 220 valence electrons. The van der Waals surface area contributed by atoms with Crippen LogP contribution in [0, 0.1) is 6.92 Å². The quantitative estimate of drug-likeness (QED) is 0.226. The standard InChI is InChI=1S/C32H40ClN3O4S/c1-4-5-20-34-32(38)30(23-26-12-7-6-8-13-26)35(24-27-14-9-11-25(2)22-27)31(37)15-10-21-36(41(3,39)40)29-18-16-28(33)17-19-29/h6-9,11-14,16-19,22,30H,4-5,10,15,20-21,23-24H2,1-3H3,(H,34,38)/t30-/m0/s1. The number of sulfonamides is 1. The zero-order valence-electron chi connectivity index (χ0n) is 24.1. The van der Waals surface area contributed by atoms with Crippen molar-refractivity contribution >= 4 is 39.1 Å². The number of unbranched alkanes of at least 4 members (excludes halogenated alkanes) is 1. The molecule has 1 N–H and O–H groups in total. The number of benzene rings is 3. The predicted octanol–water partition coefficient (Wildman–Crippen LogP) is 5.75. The first-order valence-corrected chi connectivity index (χ1v) is 16.2. The van der Waals surface area contributed by atoms with Crippen LogP contribution in [-0.4, -0.2) is 50.5 Å². The summed E-state index contributed by atoms with van der Waals surface area (Å²) < 4.78 is 26.4. The fourth-order valence-corrected chi connectivity index (χ4v) is 5.77. The highest BCUT2D eigenvalue weighted by Gasteiger charge is 2.30.